The summed E-state index contributed by atoms with van der Waals surface area (Å²) in [7, 11) is 0. The van der Waals surface area contributed by atoms with E-state index in [1.165, 1.54) is 12.1 Å². The second kappa shape index (κ2) is 5.97. The minimum Gasteiger partial charge on any atom is -0.481 e. The third kappa shape index (κ3) is 4.17. The van der Waals surface area contributed by atoms with E-state index in [1.54, 1.807) is 12.1 Å². The van der Waals surface area contributed by atoms with Crippen molar-refractivity contribution >= 4 is 5.97 Å². The zero-order chi connectivity index (χ0) is 13.8. The Morgan fingerprint density at radius 3 is 2.53 bits per heavy atom. The fourth-order valence-corrected chi connectivity index (χ4v) is 2.22. The molecule has 6 heteroatoms. The molecule has 1 fully saturated rings. The summed E-state index contributed by atoms with van der Waals surface area (Å²) < 4.78 is 28.2. The van der Waals surface area contributed by atoms with Gasteiger partial charge in [-0.15, -0.1) is 0 Å². The Balaban J connectivity index is 1.77. The lowest BCUT2D eigenvalue weighted by Crippen LogP contribution is -2.46. The van der Waals surface area contributed by atoms with Crippen LogP contribution in [0.2, 0.25) is 0 Å². The molecule has 1 saturated heterocycles. The van der Waals surface area contributed by atoms with Gasteiger partial charge in [0.05, 0.1) is 6.42 Å². The van der Waals surface area contributed by atoms with Gasteiger partial charge in [-0.3, -0.25) is 9.69 Å². The first-order chi connectivity index (χ1) is 9.02. The fraction of sp³-hybridized carbons (Fsp3) is 0.462. The summed E-state index contributed by atoms with van der Waals surface area (Å²) in [4.78, 5) is 12.6. The van der Waals surface area contributed by atoms with Crippen LogP contribution in [0.5, 0.6) is 5.75 Å². The molecule has 0 saturated carbocycles. The van der Waals surface area contributed by atoms with E-state index in [4.69, 9.17) is 5.11 Å². The highest BCUT2D eigenvalue weighted by Crippen LogP contribution is 2.22. The van der Waals surface area contributed by atoms with Crippen molar-refractivity contribution in [2.24, 2.45) is 5.92 Å². The second-order valence-electron chi connectivity index (χ2n) is 4.68. The van der Waals surface area contributed by atoms with Crippen LogP contribution >= 0.6 is 0 Å². The van der Waals surface area contributed by atoms with Crippen LogP contribution in [0.15, 0.2) is 24.3 Å². The van der Waals surface area contributed by atoms with E-state index >= 15 is 0 Å². The number of ether oxygens (including phenoxy) is 1. The van der Waals surface area contributed by atoms with E-state index in [9.17, 15) is 13.6 Å². The van der Waals surface area contributed by atoms with Crippen LogP contribution in [-0.2, 0) is 11.3 Å². The van der Waals surface area contributed by atoms with Crippen molar-refractivity contribution < 1.29 is 23.4 Å². The Kier molecular flexibility index (Phi) is 4.31. The largest absolute Gasteiger partial charge is 0.481 e. The van der Waals surface area contributed by atoms with E-state index in [0.29, 0.717) is 6.54 Å². The number of carboxylic acid groups (broad SMARTS) is 1. The van der Waals surface area contributed by atoms with Crippen molar-refractivity contribution in [3.63, 3.8) is 0 Å². The lowest BCUT2D eigenvalue weighted by molar-refractivity contribution is -0.139. The molecule has 1 heterocycles. The highest BCUT2D eigenvalue weighted by Gasteiger charge is 2.28. The van der Waals surface area contributed by atoms with E-state index < -0.39 is 12.6 Å². The van der Waals surface area contributed by atoms with Crippen LogP contribution in [0.3, 0.4) is 0 Å². The highest BCUT2D eigenvalue weighted by atomic mass is 19.3. The predicted octanol–water partition coefficient (Wildman–Crippen LogP) is 2.19. The normalized spacial score (nSPS) is 16.4. The van der Waals surface area contributed by atoms with Crippen molar-refractivity contribution in [1.82, 2.24) is 4.90 Å². The molecule has 1 N–H and O–H groups in total. The van der Waals surface area contributed by atoms with E-state index in [-0.39, 0.29) is 18.1 Å². The van der Waals surface area contributed by atoms with Crippen molar-refractivity contribution in [2.75, 3.05) is 13.1 Å². The maximum Gasteiger partial charge on any atom is 0.387 e. The zero-order valence-corrected chi connectivity index (χ0v) is 10.3. The van der Waals surface area contributed by atoms with Gasteiger partial charge >= 0.3 is 12.6 Å². The number of nitrogens with zero attached hydrogens (tertiary/aromatic N) is 1. The Morgan fingerprint density at radius 2 is 2.00 bits per heavy atom. The van der Waals surface area contributed by atoms with Gasteiger partial charge in [-0.05, 0) is 23.6 Å². The van der Waals surface area contributed by atoms with Gasteiger partial charge in [0.2, 0.25) is 0 Å². The summed E-state index contributed by atoms with van der Waals surface area (Å²) in [5.74, 6) is -0.400. The van der Waals surface area contributed by atoms with Gasteiger partial charge in [0.15, 0.2) is 0 Å². The maximum absolute atomic E-state index is 12.0. The van der Waals surface area contributed by atoms with Crippen molar-refractivity contribution in [3.05, 3.63) is 29.8 Å². The summed E-state index contributed by atoms with van der Waals surface area (Å²) in [6.45, 7) is -0.577. The minimum atomic E-state index is -2.81. The zero-order valence-electron chi connectivity index (χ0n) is 10.3. The van der Waals surface area contributed by atoms with Crippen molar-refractivity contribution in [3.8, 4) is 5.75 Å². The lowest BCUT2D eigenvalue weighted by atomic mass is 9.96. The molecule has 0 aliphatic carbocycles. The molecule has 1 aliphatic heterocycles. The number of benzene rings is 1. The molecule has 0 atom stereocenters. The van der Waals surface area contributed by atoms with Crippen LogP contribution in [-0.4, -0.2) is 35.7 Å². The third-order valence-electron chi connectivity index (χ3n) is 3.05. The van der Waals surface area contributed by atoms with Crippen LogP contribution < -0.4 is 4.74 Å². The Bertz CT molecular complexity index is 430. The topological polar surface area (TPSA) is 49.8 Å². The van der Waals surface area contributed by atoms with Crippen LogP contribution in [0.4, 0.5) is 8.78 Å². The highest BCUT2D eigenvalue weighted by molar-refractivity contribution is 5.67. The average molecular weight is 271 g/mol. The van der Waals surface area contributed by atoms with Crippen LogP contribution in [0, 0.1) is 5.92 Å². The van der Waals surface area contributed by atoms with Crippen LogP contribution in [0.1, 0.15) is 12.0 Å². The van der Waals surface area contributed by atoms with Gasteiger partial charge in [-0.1, -0.05) is 12.1 Å². The quantitative estimate of drug-likeness (QED) is 0.861. The molecule has 0 bridgehead atoms. The minimum absolute atomic E-state index is 0.145. The first-order valence-electron chi connectivity index (χ1n) is 6.01. The number of likely N-dealkylation sites (tertiary alicyclic amines) is 1. The molecule has 0 spiro atoms. The number of halogens is 2. The monoisotopic (exact) mass is 271 g/mol. The van der Waals surface area contributed by atoms with Crippen molar-refractivity contribution in [1.29, 1.82) is 0 Å². The summed E-state index contributed by atoms with van der Waals surface area (Å²) >= 11 is 0. The standard InChI is InChI=1S/C13H15F2NO3/c14-13(15)19-11-3-1-9(2-4-11)6-16-7-10(8-16)5-12(17)18/h1-4,10,13H,5-8H2,(H,17,18). The molecular formula is C13H15F2NO3. The van der Waals surface area contributed by atoms with Gasteiger partial charge in [-0.2, -0.15) is 8.78 Å². The van der Waals surface area contributed by atoms with Gasteiger partial charge in [-0.25, -0.2) is 0 Å². The summed E-state index contributed by atoms with van der Waals surface area (Å²) in [5, 5.41) is 8.63. The van der Waals surface area contributed by atoms with E-state index in [0.717, 1.165) is 18.7 Å². The van der Waals surface area contributed by atoms with Gasteiger partial charge < -0.3 is 9.84 Å². The SMILES string of the molecule is O=C(O)CC1CN(Cc2ccc(OC(F)F)cc2)C1. The number of hydrogen-bond acceptors (Lipinski definition) is 3. The number of carboxylic acids is 1. The first-order valence-corrected chi connectivity index (χ1v) is 6.01. The lowest BCUT2D eigenvalue weighted by Gasteiger charge is -2.38. The number of rotatable bonds is 6. The smallest absolute Gasteiger partial charge is 0.387 e. The number of aliphatic carboxylic acids is 1. The molecule has 0 aromatic heterocycles. The third-order valence-corrected chi connectivity index (χ3v) is 3.05. The average Bonchev–Trinajstić information content (AvgIpc) is 2.27. The number of carbonyl (C=O) groups is 1. The fourth-order valence-electron chi connectivity index (χ4n) is 2.22. The maximum atomic E-state index is 12.0. The van der Waals surface area contributed by atoms with Crippen molar-refractivity contribution in [2.45, 2.75) is 19.6 Å². The van der Waals surface area contributed by atoms with Crippen LogP contribution in [0.25, 0.3) is 0 Å². The molecule has 2 rings (SSSR count). The summed E-state index contributed by atoms with van der Waals surface area (Å²) in [5.41, 5.74) is 0.996. The molecule has 19 heavy (non-hydrogen) atoms. The van der Waals surface area contributed by atoms with Gasteiger partial charge in [0.1, 0.15) is 5.75 Å². The molecule has 0 radical (unpaired) electrons. The predicted molar refractivity (Wildman–Crippen MR) is 64.1 cm³/mol. The first kappa shape index (κ1) is 13.7. The molecule has 1 aromatic rings. The molecule has 4 nitrogen and oxygen atoms in total. The second-order valence-corrected chi connectivity index (χ2v) is 4.68. The molecular weight excluding hydrogens is 256 g/mol. The Hall–Kier alpha value is -1.69. The van der Waals surface area contributed by atoms with Gasteiger partial charge in [0, 0.05) is 19.6 Å². The molecule has 1 aromatic carbocycles. The summed E-state index contributed by atoms with van der Waals surface area (Å²) in [6, 6.07) is 6.50. The van der Waals surface area contributed by atoms with Gasteiger partial charge in [0.25, 0.3) is 0 Å². The molecule has 0 unspecified atom stereocenters. The number of alkyl halides is 2. The summed E-state index contributed by atoms with van der Waals surface area (Å²) in [6.07, 6.45) is 0.206. The molecule has 0 amide bonds. The Labute approximate surface area is 109 Å². The van der Waals surface area contributed by atoms with E-state index in [2.05, 4.69) is 9.64 Å². The Morgan fingerprint density at radius 1 is 1.37 bits per heavy atom. The molecule has 104 valence electrons. The van der Waals surface area contributed by atoms with E-state index in [1.807, 2.05) is 0 Å². The number of hydrogen-bond donors (Lipinski definition) is 1. The molecule has 1 aliphatic rings.